The molecule has 0 aliphatic heterocycles. The van der Waals surface area contributed by atoms with Gasteiger partial charge in [-0.3, -0.25) is 10.1 Å². The summed E-state index contributed by atoms with van der Waals surface area (Å²) in [5, 5.41) is 10.5. The quantitative estimate of drug-likeness (QED) is 0.463. The molecule has 2 amide bonds. The first-order valence-electron chi connectivity index (χ1n) is 9.17. The number of nitrogens with one attached hydrogen (secondary N) is 2. The Balaban J connectivity index is 1.86. The summed E-state index contributed by atoms with van der Waals surface area (Å²) in [4.78, 5) is 29.1. The van der Waals surface area contributed by atoms with Gasteiger partial charge >= 0.3 is 6.09 Å². The maximum absolute atomic E-state index is 13.0. The van der Waals surface area contributed by atoms with E-state index in [-0.39, 0.29) is 18.7 Å². The number of carbonyl (C=O) groups excluding carboxylic acids is 2. The highest BCUT2D eigenvalue weighted by Gasteiger charge is 2.19. The van der Waals surface area contributed by atoms with Crippen molar-refractivity contribution in [3.63, 3.8) is 0 Å². The van der Waals surface area contributed by atoms with E-state index < -0.39 is 12.0 Å². The molecule has 2 heterocycles. The molecule has 11 heteroatoms. The Hall–Kier alpha value is -2.62. The van der Waals surface area contributed by atoms with Gasteiger partial charge in [-0.25, -0.2) is 14.5 Å². The van der Waals surface area contributed by atoms with Crippen LogP contribution < -0.4 is 10.6 Å². The third kappa shape index (κ3) is 5.55. The largest absolute Gasteiger partial charge is 0.450 e. The molecule has 0 saturated carbocycles. The van der Waals surface area contributed by atoms with E-state index >= 15 is 0 Å². The van der Waals surface area contributed by atoms with Crippen LogP contribution in [0.4, 0.5) is 10.5 Å². The van der Waals surface area contributed by atoms with Gasteiger partial charge in [-0.1, -0.05) is 23.2 Å². The minimum Gasteiger partial charge on any atom is -0.450 e. The van der Waals surface area contributed by atoms with Gasteiger partial charge in [0.25, 0.3) is 5.91 Å². The zero-order valence-corrected chi connectivity index (χ0v) is 19.7. The number of rotatable bonds is 6. The van der Waals surface area contributed by atoms with Gasteiger partial charge in [0.05, 0.1) is 35.1 Å². The Labute approximate surface area is 197 Å². The summed E-state index contributed by atoms with van der Waals surface area (Å²) in [5.74, 6) is -0.00392. The number of carbonyl (C=O) groups is 2. The van der Waals surface area contributed by atoms with Crippen LogP contribution in [-0.4, -0.2) is 33.4 Å². The first kappa shape index (κ1) is 23.1. The number of hydrogen-bond acceptors (Lipinski definition) is 5. The third-order valence-corrected chi connectivity index (χ3v) is 5.07. The second-order valence-electron chi connectivity index (χ2n) is 6.35. The maximum Gasteiger partial charge on any atom is 0.411 e. The highest BCUT2D eigenvalue weighted by molar-refractivity contribution is 9.10. The van der Waals surface area contributed by atoms with Crippen LogP contribution in [0.15, 0.2) is 41.1 Å². The average molecular weight is 527 g/mol. The van der Waals surface area contributed by atoms with Gasteiger partial charge in [-0.05, 0) is 65.7 Å². The highest BCUT2D eigenvalue weighted by Crippen LogP contribution is 2.26. The Kier molecular flexibility index (Phi) is 7.53. The SMILES string of the molecule is CCOC(=O)Nc1c(C)cc(Cl)cc1C(=O)NCc1cc(Br)nn1-c1ncccc1Cl. The average Bonchev–Trinajstić information content (AvgIpc) is 3.08. The fraction of sp³-hybridized carbons (Fsp3) is 0.200. The van der Waals surface area contributed by atoms with Crippen LogP contribution in [0.3, 0.4) is 0 Å². The van der Waals surface area contributed by atoms with Crippen LogP contribution in [0.25, 0.3) is 5.82 Å². The van der Waals surface area contributed by atoms with Crippen molar-refractivity contribution in [2.75, 3.05) is 11.9 Å². The number of anilines is 1. The fourth-order valence-electron chi connectivity index (χ4n) is 2.85. The number of pyridine rings is 1. The van der Waals surface area contributed by atoms with Crippen molar-refractivity contribution in [1.29, 1.82) is 0 Å². The van der Waals surface area contributed by atoms with Gasteiger partial charge in [0.1, 0.15) is 4.60 Å². The fourth-order valence-corrected chi connectivity index (χ4v) is 3.75. The Morgan fingerprint density at radius 3 is 2.74 bits per heavy atom. The number of benzene rings is 1. The van der Waals surface area contributed by atoms with Crippen LogP contribution in [-0.2, 0) is 11.3 Å². The monoisotopic (exact) mass is 525 g/mol. The van der Waals surface area contributed by atoms with Gasteiger partial charge in [0.2, 0.25) is 0 Å². The van der Waals surface area contributed by atoms with E-state index in [1.807, 2.05) is 0 Å². The molecular formula is C20H18BrCl2N5O3. The molecule has 3 rings (SSSR count). The predicted octanol–water partition coefficient (Wildman–Crippen LogP) is 5.14. The number of ether oxygens (including phenoxy) is 1. The predicted molar refractivity (Wildman–Crippen MR) is 122 cm³/mol. The molecule has 8 nitrogen and oxygen atoms in total. The molecule has 0 fully saturated rings. The van der Waals surface area contributed by atoms with E-state index in [0.717, 1.165) is 0 Å². The smallest absolute Gasteiger partial charge is 0.411 e. The standard InChI is InChI=1S/C20H18BrCl2N5O3/c1-3-31-20(30)26-17-11(2)7-12(22)8-14(17)19(29)25-10-13-9-16(21)27-28(13)18-15(23)5-4-6-24-18/h4-9H,3,10H2,1-2H3,(H,25,29)(H,26,30). The van der Waals surface area contributed by atoms with Crippen LogP contribution in [0.1, 0.15) is 28.5 Å². The minimum absolute atomic E-state index is 0.120. The molecule has 0 radical (unpaired) electrons. The second kappa shape index (κ2) is 10.1. The number of amides is 2. The highest BCUT2D eigenvalue weighted by atomic mass is 79.9. The minimum atomic E-state index is -0.659. The zero-order valence-electron chi connectivity index (χ0n) is 16.6. The maximum atomic E-state index is 13.0. The molecule has 0 saturated heterocycles. The lowest BCUT2D eigenvalue weighted by Gasteiger charge is -2.15. The molecule has 2 N–H and O–H groups in total. The zero-order chi connectivity index (χ0) is 22.5. The van der Waals surface area contributed by atoms with Crippen LogP contribution in [0.5, 0.6) is 0 Å². The van der Waals surface area contributed by atoms with E-state index in [1.54, 1.807) is 44.3 Å². The normalized spacial score (nSPS) is 10.6. The van der Waals surface area contributed by atoms with Gasteiger partial charge in [0.15, 0.2) is 5.82 Å². The van der Waals surface area contributed by atoms with Crippen LogP contribution >= 0.6 is 39.1 Å². The van der Waals surface area contributed by atoms with Crippen molar-refractivity contribution in [2.45, 2.75) is 20.4 Å². The van der Waals surface area contributed by atoms with Crippen molar-refractivity contribution in [3.05, 3.63) is 68.0 Å². The lowest BCUT2D eigenvalue weighted by atomic mass is 10.1. The molecule has 2 aromatic heterocycles. The van der Waals surface area contributed by atoms with E-state index in [9.17, 15) is 9.59 Å². The number of aromatic nitrogens is 3. The van der Waals surface area contributed by atoms with E-state index in [2.05, 4.69) is 36.6 Å². The summed E-state index contributed by atoms with van der Waals surface area (Å²) >= 11 is 15.7. The molecule has 0 atom stereocenters. The van der Waals surface area contributed by atoms with Crippen molar-refractivity contribution in [1.82, 2.24) is 20.1 Å². The second-order valence-corrected chi connectivity index (χ2v) is 8.01. The van der Waals surface area contributed by atoms with Gasteiger partial charge in [-0.15, -0.1) is 0 Å². The van der Waals surface area contributed by atoms with Crippen molar-refractivity contribution < 1.29 is 14.3 Å². The van der Waals surface area contributed by atoms with E-state index in [1.165, 1.54) is 10.7 Å². The third-order valence-electron chi connectivity index (χ3n) is 4.17. The molecule has 0 spiro atoms. The summed E-state index contributed by atoms with van der Waals surface area (Å²) in [6.07, 6.45) is 0.940. The van der Waals surface area contributed by atoms with Crippen molar-refractivity contribution >= 4 is 56.8 Å². The summed E-state index contributed by atoms with van der Waals surface area (Å²) in [7, 11) is 0. The molecule has 3 aromatic rings. The Morgan fingerprint density at radius 1 is 1.26 bits per heavy atom. The molecular weight excluding hydrogens is 509 g/mol. The summed E-state index contributed by atoms with van der Waals surface area (Å²) in [5.41, 5.74) is 1.79. The number of halogens is 3. The van der Waals surface area contributed by atoms with Crippen molar-refractivity contribution in [2.24, 2.45) is 0 Å². The van der Waals surface area contributed by atoms with Crippen LogP contribution in [0, 0.1) is 6.92 Å². The van der Waals surface area contributed by atoms with Crippen LogP contribution in [0.2, 0.25) is 10.0 Å². The van der Waals surface area contributed by atoms with Gasteiger partial charge < -0.3 is 10.1 Å². The topological polar surface area (TPSA) is 98.1 Å². The molecule has 162 valence electrons. The first-order chi connectivity index (χ1) is 14.8. The van der Waals surface area contributed by atoms with E-state index in [4.69, 9.17) is 27.9 Å². The number of hydrogen-bond donors (Lipinski definition) is 2. The Bertz CT molecular complexity index is 1140. The summed E-state index contributed by atoms with van der Waals surface area (Å²) in [6, 6.07) is 8.28. The molecule has 0 unspecified atom stereocenters. The molecule has 31 heavy (non-hydrogen) atoms. The molecule has 0 aliphatic carbocycles. The van der Waals surface area contributed by atoms with Crippen molar-refractivity contribution in [3.8, 4) is 5.82 Å². The molecule has 0 bridgehead atoms. The lowest BCUT2D eigenvalue weighted by molar-refractivity contribution is 0.0951. The summed E-state index contributed by atoms with van der Waals surface area (Å²) < 4.78 is 7.02. The molecule has 0 aliphatic rings. The van der Waals surface area contributed by atoms with Gasteiger partial charge in [0, 0.05) is 11.2 Å². The van der Waals surface area contributed by atoms with Gasteiger partial charge in [-0.2, -0.15) is 5.10 Å². The summed E-state index contributed by atoms with van der Waals surface area (Å²) in [6.45, 7) is 3.75. The Morgan fingerprint density at radius 2 is 2.03 bits per heavy atom. The first-order valence-corrected chi connectivity index (χ1v) is 10.7. The number of nitrogens with zero attached hydrogens (tertiary/aromatic N) is 3. The van der Waals surface area contributed by atoms with E-state index in [0.29, 0.717) is 37.4 Å². The molecule has 1 aromatic carbocycles. The number of aryl methyl sites for hydroxylation is 1. The lowest BCUT2D eigenvalue weighted by Crippen LogP contribution is -2.26.